The lowest BCUT2D eigenvalue weighted by Gasteiger charge is -2.26. The summed E-state index contributed by atoms with van der Waals surface area (Å²) in [6.07, 6.45) is 3.69. The predicted octanol–water partition coefficient (Wildman–Crippen LogP) is 3.04. The zero-order valence-corrected chi connectivity index (χ0v) is 10.8. The van der Waals surface area contributed by atoms with E-state index in [2.05, 4.69) is 15.9 Å². The summed E-state index contributed by atoms with van der Waals surface area (Å²) in [6.45, 7) is 0.0692. The Bertz CT molecular complexity index is 472. The summed E-state index contributed by atoms with van der Waals surface area (Å²) < 4.78 is 25.4. The summed E-state index contributed by atoms with van der Waals surface area (Å²) in [7, 11) is 0. The van der Waals surface area contributed by atoms with Crippen LogP contribution < -0.4 is 15.2 Å². The molecule has 0 atom stereocenters. The van der Waals surface area contributed by atoms with E-state index in [4.69, 9.17) is 15.2 Å². The lowest BCUT2D eigenvalue weighted by Crippen LogP contribution is -2.34. The Morgan fingerprint density at radius 1 is 1.29 bits per heavy atom. The summed E-state index contributed by atoms with van der Waals surface area (Å²) in [6, 6.07) is 1.74. The van der Waals surface area contributed by atoms with E-state index < -0.39 is 5.54 Å². The van der Waals surface area contributed by atoms with Gasteiger partial charge in [-0.3, -0.25) is 0 Å². The summed E-state index contributed by atoms with van der Waals surface area (Å²) in [4.78, 5) is 0. The summed E-state index contributed by atoms with van der Waals surface area (Å²) >= 11 is 3.39. The molecule has 0 aromatic heterocycles. The molecule has 1 saturated carbocycles. The number of benzene rings is 1. The van der Waals surface area contributed by atoms with E-state index in [9.17, 15) is 4.39 Å². The third-order valence-corrected chi connectivity index (χ3v) is 4.18. The Kier molecular flexibility index (Phi) is 2.56. The minimum Gasteiger partial charge on any atom is -0.453 e. The predicted molar refractivity (Wildman–Crippen MR) is 64.6 cm³/mol. The molecule has 1 aliphatic carbocycles. The maximum atomic E-state index is 14.4. The van der Waals surface area contributed by atoms with Crippen molar-refractivity contribution in [1.29, 1.82) is 0 Å². The standard InChI is InChI=1S/C12H13BrFNO2/c13-7-5-8-11(17-6-16-8)10(14)9(7)12(15)3-1-2-4-12/h5H,1-4,6,15H2. The first kappa shape index (κ1) is 11.3. The van der Waals surface area contributed by atoms with E-state index in [1.165, 1.54) is 0 Å². The van der Waals surface area contributed by atoms with E-state index in [1.807, 2.05) is 0 Å². The molecule has 5 heteroatoms. The molecule has 0 unspecified atom stereocenters. The highest BCUT2D eigenvalue weighted by Gasteiger charge is 2.38. The molecule has 3 rings (SSSR count). The van der Waals surface area contributed by atoms with Gasteiger partial charge in [-0.2, -0.15) is 0 Å². The zero-order chi connectivity index (χ0) is 12.0. The van der Waals surface area contributed by atoms with Crippen molar-refractivity contribution in [3.8, 4) is 11.5 Å². The molecule has 92 valence electrons. The minimum absolute atomic E-state index is 0.0692. The molecule has 3 nitrogen and oxygen atoms in total. The van der Waals surface area contributed by atoms with Crippen molar-refractivity contribution in [3.63, 3.8) is 0 Å². The van der Waals surface area contributed by atoms with Gasteiger partial charge in [0.05, 0.1) is 0 Å². The molecule has 1 aromatic rings. The smallest absolute Gasteiger partial charge is 0.231 e. The molecule has 0 bridgehead atoms. The van der Waals surface area contributed by atoms with Gasteiger partial charge in [0.15, 0.2) is 11.6 Å². The maximum Gasteiger partial charge on any atom is 0.231 e. The van der Waals surface area contributed by atoms with Crippen LogP contribution in [0.25, 0.3) is 0 Å². The first-order valence-corrected chi connectivity index (χ1v) is 6.48. The average molecular weight is 302 g/mol. The van der Waals surface area contributed by atoms with Gasteiger partial charge in [-0.25, -0.2) is 4.39 Å². The first-order chi connectivity index (χ1) is 8.12. The van der Waals surface area contributed by atoms with Crippen LogP contribution in [0.15, 0.2) is 10.5 Å². The Morgan fingerprint density at radius 3 is 2.71 bits per heavy atom. The number of halogens is 2. The SMILES string of the molecule is NC1(c2c(Br)cc3c(c2F)OCO3)CCCC1. The van der Waals surface area contributed by atoms with Gasteiger partial charge in [0.1, 0.15) is 0 Å². The molecule has 0 radical (unpaired) electrons. The lowest BCUT2D eigenvalue weighted by molar-refractivity contribution is 0.170. The zero-order valence-electron chi connectivity index (χ0n) is 9.26. The van der Waals surface area contributed by atoms with Crippen LogP contribution >= 0.6 is 15.9 Å². The Labute approximate surface area is 107 Å². The van der Waals surface area contributed by atoms with Crippen LogP contribution in [-0.2, 0) is 5.54 Å². The van der Waals surface area contributed by atoms with Gasteiger partial charge in [0, 0.05) is 15.6 Å². The quantitative estimate of drug-likeness (QED) is 0.867. The molecule has 0 saturated heterocycles. The number of hydrogen-bond acceptors (Lipinski definition) is 3. The second kappa shape index (κ2) is 3.85. The number of ether oxygens (including phenoxy) is 2. The Balaban J connectivity index is 2.16. The Hall–Kier alpha value is -0.810. The second-order valence-corrected chi connectivity index (χ2v) is 5.50. The summed E-state index contributed by atoms with van der Waals surface area (Å²) in [5.41, 5.74) is 6.26. The van der Waals surface area contributed by atoms with Crippen molar-refractivity contribution >= 4 is 15.9 Å². The van der Waals surface area contributed by atoms with Crippen LogP contribution in [-0.4, -0.2) is 6.79 Å². The normalized spacial score (nSPS) is 20.9. The van der Waals surface area contributed by atoms with Crippen molar-refractivity contribution in [1.82, 2.24) is 0 Å². The highest BCUT2D eigenvalue weighted by Crippen LogP contribution is 2.47. The molecule has 0 amide bonds. The molecule has 0 spiro atoms. The van der Waals surface area contributed by atoms with E-state index >= 15 is 0 Å². The van der Waals surface area contributed by atoms with E-state index in [0.29, 0.717) is 15.8 Å². The first-order valence-electron chi connectivity index (χ1n) is 5.69. The molecule has 1 aromatic carbocycles. The lowest BCUT2D eigenvalue weighted by atomic mass is 9.88. The van der Waals surface area contributed by atoms with Gasteiger partial charge in [-0.05, 0) is 18.9 Å². The van der Waals surface area contributed by atoms with Crippen LogP contribution in [0.1, 0.15) is 31.2 Å². The highest BCUT2D eigenvalue weighted by molar-refractivity contribution is 9.10. The number of nitrogens with two attached hydrogens (primary N) is 1. The number of rotatable bonds is 1. The van der Waals surface area contributed by atoms with Gasteiger partial charge in [0.25, 0.3) is 0 Å². The topological polar surface area (TPSA) is 44.5 Å². The monoisotopic (exact) mass is 301 g/mol. The molecular weight excluding hydrogens is 289 g/mol. The van der Waals surface area contributed by atoms with Gasteiger partial charge < -0.3 is 15.2 Å². The van der Waals surface area contributed by atoms with Crippen molar-refractivity contribution < 1.29 is 13.9 Å². The molecule has 2 N–H and O–H groups in total. The van der Waals surface area contributed by atoms with Crippen molar-refractivity contribution in [2.24, 2.45) is 5.73 Å². The second-order valence-electron chi connectivity index (χ2n) is 4.64. The number of fused-ring (bicyclic) bond motifs is 1. The van der Waals surface area contributed by atoms with Crippen LogP contribution in [0.5, 0.6) is 11.5 Å². The van der Waals surface area contributed by atoms with Crippen molar-refractivity contribution in [2.75, 3.05) is 6.79 Å². The van der Waals surface area contributed by atoms with Crippen molar-refractivity contribution in [2.45, 2.75) is 31.2 Å². The van der Waals surface area contributed by atoms with E-state index in [1.54, 1.807) is 6.07 Å². The van der Waals surface area contributed by atoms with Gasteiger partial charge in [-0.1, -0.05) is 28.8 Å². The van der Waals surface area contributed by atoms with Gasteiger partial charge in [0.2, 0.25) is 12.5 Å². The molecule has 1 aliphatic heterocycles. The summed E-state index contributed by atoms with van der Waals surface area (Å²) in [5.74, 6) is 0.260. The molecule has 1 fully saturated rings. The van der Waals surface area contributed by atoms with Gasteiger partial charge in [-0.15, -0.1) is 0 Å². The fourth-order valence-corrected chi connectivity index (χ4v) is 3.46. The van der Waals surface area contributed by atoms with Crippen LogP contribution in [0.2, 0.25) is 0 Å². The third-order valence-electron chi connectivity index (χ3n) is 3.55. The van der Waals surface area contributed by atoms with Crippen LogP contribution in [0.4, 0.5) is 4.39 Å². The largest absolute Gasteiger partial charge is 0.453 e. The van der Waals surface area contributed by atoms with Crippen LogP contribution in [0, 0.1) is 5.82 Å². The van der Waals surface area contributed by atoms with E-state index in [0.717, 1.165) is 25.7 Å². The maximum absolute atomic E-state index is 14.4. The number of hydrogen-bond donors (Lipinski definition) is 1. The van der Waals surface area contributed by atoms with Gasteiger partial charge >= 0.3 is 0 Å². The molecule has 17 heavy (non-hydrogen) atoms. The fraction of sp³-hybridized carbons (Fsp3) is 0.500. The van der Waals surface area contributed by atoms with E-state index in [-0.39, 0.29) is 18.4 Å². The average Bonchev–Trinajstić information content (AvgIpc) is 2.87. The third kappa shape index (κ3) is 1.64. The minimum atomic E-state index is -0.579. The molecule has 1 heterocycles. The summed E-state index contributed by atoms with van der Waals surface area (Å²) in [5, 5.41) is 0. The van der Waals surface area contributed by atoms with Crippen LogP contribution in [0.3, 0.4) is 0 Å². The fourth-order valence-electron chi connectivity index (χ4n) is 2.69. The molecular formula is C12H13BrFNO2. The van der Waals surface area contributed by atoms with Crippen molar-refractivity contribution in [3.05, 3.63) is 21.9 Å². The highest BCUT2D eigenvalue weighted by atomic mass is 79.9. The molecule has 2 aliphatic rings. The Morgan fingerprint density at radius 2 is 2.00 bits per heavy atom.